The van der Waals surface area contributed by atoms with Gasteiger partial charge in [0, 0.05) is 5.39 Å². The SMILES string of the molecule is COC(=O)c1sc(N2C(=O)C(O)=C(C(=O)c3cc4ccccc4o3)C2c2ccc(OC)c(OC)c2)nc1C. The van der Waals surface area contributed by atoms with Crippen molar-refractivity contribution < 1.29 is 38.1 Å². The number of aryl methyl sites for hydroxylation is 1. The molecule has 0 saturated carbocycles. The normalized spacial score (nSPS) is 15.3. The van der Waals surface area contributed by atoms with E-state index in [0.717, 1.165) is 11.3 Å². The van der Waals surface area contributed by atoms with Crippen LogP contribution in [0.5, 0.6) is 11.5 Å². The van der Waals surface area contributed by atoms with Gasteiger partial charge in [-0.15, -0.1) is 0 Å². The van der Waals surface area contributed by atoms with Crippen molar-refractivity contribution in [3.8, 4) is 11.5 Å². The van der Waals surface area contributed by atoms with Crippen molar-refractivity contribution in [2.75, 3.05) is 26.2 Å². The van der Waals surface area contributed by atoms with E-state index in [4.69, 9.17) is 18.6 Å². The summed E-state index contributed by atoms with van der Waals surface area (Å²) in [7, 11) is 4.18. The summed E-state index contributed by atoms with van der Waals surface area (Å²) in [5.41, 5.74) is 1.06. The second kappa shape index (κ2) is 9.67. The number of amides is 1. The van der Waals surface area contributed by atoms with E-state index >= 15 is 0 Å². The molecule has 1 N–H and O–H groups in total. The van der Waals surface area contributed by atoms with Gasteiger partial charge in [0.2, 0.25) is 5.78 Å². The quantitative estimate of drug-likeness (QED) is 0.263. The number of ether oxygens (including phenoxy) is 3. The molecule has 0 bridgehead atoms. The van der Waals surface area contributed by atoms with Crippen LogP contribution in [-0.4, -0.2) is 49.1 Å². The molecule has 0 saturated heterocycles. The molecule has 2 aromatic carbocycles. The number of para-hydroxylation sites is 1. The summed E-state index contributed by atoms with van der Waals surface area (Å²) in [4.78, 5) is 45.3. The first-order chi connectivity index (χ1) is 18.3. The number of esters is 1. The first kappa shape index (κ1) is 25.0. The third-order valence-electron chi connectivity index (χ3n) is 6.19. The second-order valence-electron chi connectivity index (χ2n) is 8.33. The molecule has 1 aliphatic rings. The Hall–Kier alpha value is -4.64. The number of anilines is 1. The number of thiazole rings is 1. The number of aromatic nitrogens is 1. The van der Waals surface area contributed by atoms with Crippen molar-refractivity contribution in [2.45, 2.75) is 13.0 Å². The molecule has 0 spiro atoms. The van der Waals surface area contributed by atoms with Crippen molar-refractivity contribution in [1.29, 1.82) is 0 Å². The van der Waals surface area contributed by atoms with Gasteiger partial charge in [0.05, 0.1) is 38.6 Å². The van der Waals surface area contributed by atoms with Gasteiger partial charge < -0.3 is 23.7 Å². The average molecular weight is 535 g/mol. The number of fused-ring (bicyclic) bond motifs is 1. The van der Waals surface area contributed by atoms with Crippen LogP contribution in [0.15, 0.2) is 64.3 Å². The summed E-state index contributed by atoms with van der Waals surface area (Å²) in [5, 5.41) is 11.8. The Kier molecular flexibility index (Phi) is 6.37. The zero-order valence-corrected chi connectivity index (χ0v) is 21.6. The zero-order valence-electron chi connectivity index (χ0n) is 20.8. The standard InChI is InChI=1S/C27H22N2O8S/c1-13-24(26(33)36-4)38-27(28-13)29-21(15-9-10-17(34-2)18(12-15)35-3)20(23(31)25(29)32)22(30)19-11-14-7-5-6-8-16(14)37-19/h5-12,21,31H,1-4H3. The highest BCUT2D eigenvalue weighted by Gasteiger charge is 2.47. The lowest BCUT2D eigenvalue weighted by Crippen LogP contribution is -2.31. The van der Waals surface area contributed by atoms with Gasteiger partial charge in [-0.25, -0.2) is 9.78 Å². The van der Waals surface area contributed by atoms with Gasteiger partial charge in [-0.05, 0) is 36.8 Å². The van der Waals surface area contributed by atoms with Crippen LogP contribution in [-0.2, 0) is 9.53 Å². The molecule has 0 aliphatic carbocycles. The van der Waals surface area contributed by atoms with Crippen LogP contribution in [0.25, 0.3) is 11.0 Å². The highest BCUT2D eigenvalue weighted by molar-refractivity contribution is 7.17. The van der Waals surface area contributed by atoms with Gasteiger partial charge in [-0.2, -0.15) is 0 Å². The molecule has 1 atom stereocenters. The minimum atomic E-state index is -1.11. The summed E-state index contributed by atoms with van der Waals surface area (Å²) in [6, 6.07) is 12.4. The van der Waals surface area contributed by atoms with Crippen molar-refractivity contribution in [3.05, 3.63) is 81.8 Å². The van der Waals surface area contributed by atoms with Crippen LogP contribution >= 0.6 is 11.3 Å². The van der Waals surface area contributed by atoms with Crippen LogP contribution in [0.3, 0.4) is 0 Å². The summed E-state index contributed by atoms with van der Waals surface area (Å²) < 4.78 is 21.4. The molecule has 38 heavy (non-hydrogen) atoms. The number of aliphatic hydroxyl groups excluding tert-OH is 1. The number of rotatable bonds is 7. The van der Waals surface area contributed by atoms with Crippen LogP contribution in [0.2, 0.25) is 0 Å². The lowest BCUT2D eigenvalue weighted by Gasteiger charge is -2.25. The fourth-order valence-electron chi connectivity index (χ4n) is 4.37. The van der Waals surface area contributed by atoms with Crippen LogP contribution < -0.4 is 14.4 Å². The zero-order chi connectivity index (χ0) is 27.1. The number of aliphatic hydroxyl groups is 1. The first-order valence-electron chi connectivity index (χ1n) is 11.4. The van der Waals surface area contributed by atoms with Crippen molar-refractivity contribution in [1.82, 2.24) is 4.98 Å². The van der Waals surface area contributed by atoms with E-state index in [9.17, 15) is 19.5 Å². The largest absolute Gasteiger partial charge is 0.503 e. The number of hydrogen-bond acceptors (Lipinski definition) is 10. The van der Waals surface area contributed by atoms with Crippen molar-refractivity contribution in [2.24, 2.45) is 0 Å². The lowest BCUT2D eigenvalue weighted by atomic mass is 9.95. The first-order valence-corrected chi connectivity index (χ1v) is 12.2. The minimum Gasteiger partial charge on any atom is -0.503 e. The average Bonchev–Trinajstić information content (AvgIpc) is 3.61. The fourth-order valence-corrected chi connectivity index (χ4v) is 5.38. The maximum Gasteiger partial charge on any atom is 0.350 e. The molecule has 4 aromatic rings. The molecular formula is C27H22N2O8S. The highest BCUT2D eigenvalue weighted by Crippen LogP contribution is 2.45. The van der Waals surface area contributed by atoms with E-state index in [1.54, 1.807) is 55.5 Å². The Bertz CT molecular complexity index is 1600. The molecule has 11 heteroatoms. The molecule has 1 aliphatic heterocycles. The number of carbonyl (C=O) groups is 3. The molecule has 1 unspecified atom stereocenters. The summed E-state index contributed by atoms with van der Waals surface area (Å²) in [6.07, 6.45) is 0. The van der Waals surface area contributed by atoms with Gasteiger partial charge in [-0.3, -0.25) is 14.5 Å². The predicted octanol–water partition coefficient (Wildman–Crippen LogP) is 4.78. The third-order valence-corrected chi connectivity index (χ3v) is 7.32. The number of methoxy groups -OCH3 is 3. The Balaban J connectivity index is 1.68. The third kappa shape index (κ3) is 3.97. The van der Waals surface area contributed by atoms with E-state index in [1.165, 1.54) is 26.2 Å². The lowest BCUT2D eigenvalue weighted by molar-refractivity contribution is -0.117. The Morgan fingerprint density at radius 1 is 1.05 bits per heavy atom. The fraction of sp³-hybridized carbons (Fsp3) is 0.185. The van der Waals surface area contributed by atoms with E-state index in [2.05, 4.69) is 4.98 Å². The number of furan rings is 1. The molecule has 10 nitrogen and oxygen atoms in total. The maximum atomic E-state index is 13.8. The van der Waals surface area contributed by atoms with Crippen LogP contribution in [0.1, 0.15) is 37.5 Å². The number of Topliss-reactive ketones (excluding diaryl/α,β-unsaturated/α-hetero) is 1. The van der Waals surface area contributed by atoms with Gasteiger partial charge in [0.1, 0.15) is 10.5 Å². The molecule has 0 fully saturated rings. The van der Waals surface area contributed by atoms with Crippen LogP contribution in [0.4, 0.5) is 5.13 Å². The smallest absolute Gasteiger partial charge is 0.350 e. The van der Waals surface area contributed by atoms with E-state index < -0.39 is 29.5 Å². The second-order valence-corrected chi connectivity index (χ2v) is 9.31. The minimum absolute atomic E-state index is 0.0431. The van der Waals surface area contributed by atoms with Crippen LogP contribution in [0, 0.1) is 6.92 Å². The van der Waals surface area contributed by atoms with Crippen molar-refractivity contribution in [3.63, 3.8) is 0 Å². The van der Waals surface area contributed by atoms with E-state index in [1.807, 2.05) is 0 Å². The molecule has 2 aromatic heterocycles. The van der Waals surface area contributed by atoms with E-state index in [-0.39, 0.29) is 21.3 Å². The predicted molar refractivity (Wildman–Crippen MR) is 138 cm³/mol. The Labute approximate surface area is 220 Å². The Morgan fingerprint density at radius 2 is 1.79 bits per heavy atom. The summed E-state index contributed by atoms with van der Waals surface area (Å²) >= 11 is 0.916. The molecule has 3 heterocycles. The van der Waals surface area contributed by atoms with Gasteiger partial charge in [0.25, 0.3) is 5.91 Å². The molecular weight excluding hydrogens is 512 g/mol. The summed E-state index contributed by atoms with van der Waals surface area (Å²) in [6.45, 7) is 1.60. The number of benzene rings is 2. The van der Waals surface area contributed by atoms with Gasteiger partial charge in [0.15, 0.2) is 28.1 Å². The molecule has 194 valence electrons. The van der Waals surface area contributed by atoms with Gasteiger partial charge >= 0.3 is 5.97 Å². The molecule has 1 amide bonds. The number of hydrogen-bond donors (Lipinski definition) is 1. The number of carbonyl (C=O) groups excluding carboxylic acids is 3. The summed E-state index contributed by atoms with van der Waals surface area (Å²) in [5.74, 6) is -2.14. The maximum absolute atomic E-state index is 13.8. The number of nitrogens with zero attached hydrogens (tertiary/aromatic N) is 2. The monoisotopic (exact) mass is 534 g/mol. The van der Waals surface area contributed by atoms with Crippen molar-refractivity contribution >= 4 is 45.1 Å². The number of ketones is 1. The molecule has 0 radical (unpaired) electrons. The molecule has 5 rings (SSSR count). The van der Waals surface area contributed by atoms with Gasteiger partial charge in [-0.1, -0.05) is 35.6 Å². The van der Waals surface area contributed by atoms with E-state index in [0.29, 0.717) is 33.7 Å². The highest BCUT2D eigenvalue weighted by atomic mass is 32.1. The Morgan fingerprint density at radius 3 is 2.47 bits per heavy atom. The topological polar surface area (TPSA) is 128 Å².